The largest absolute Gasteiger partial charge is 0.370 e. The lowest BCUT2D eigenvalue weighted by Crippen LogP contribution is -2.18. The molecule has 0 saturated carbocycles. The topological polar surface area (TPSA) is 92.7 Å². The van der Waals surface area contributed by atoms with Crippen molar-refractivity contribution < 1.29 is 4.79 Å². The molecule has 7 nitrogen and oxygen atoms in total. The second-order valence-electron chi connectivity index (χ2n) is 7.63. The number of carbonyl (C=O) groups is 1. The molecule has 0 unspecified atom stereocenters. The Morgan fingerprint density at radius 1 is 0.909 bits per heavy atom. The molecule has 0 atom stereocenters. The zero-order valence-corrected chi connectivity index (χ0v) is 18.1. The number of para-hydroxylation sites is 1. The van der Waals surface area contributed by atoms with Crippen molar-refractivity contribution in [3.8, 4) is 11.3 Å². The highest BCUT2D eigenvalue weighted by atomic mass is 16.1. The van der Waals surface area contributed by atoms with Gasteiger partial charge >= 0.3 is 0 Å². The minimum atomic E-state index is -0.115. The van der Waals surface area contributed by atoms with Crippen molar-refractivity contribution in [1.29, 1.82) is 0 Å². The molecule has 7 heteroatoms. The predicted octanol–water partition coefficient (Wildman–Crippen LogP) is 4.25. The molecule has 2 aromatic carbocycles. The maximum atomic E-state index is 12.2. The molecule has 162 valence electrons. The van der Waals surface area contributed by atoms with E-state index in [1.165, 1.54) is 0 Å². The summed E-state index contributed by atoms with van der Waals surface area (Å²) in [4.78, 5) is 29.9. The van der Waals surface area contributed by atoms with E-state index in [1.807, 2.05) is 48.5 Å². The molecule has 0 aliphatic carbocycles. The highest BCUT2D eigenvalue weighted by molar-refractivity contribution is 6.06. The van der Waals surface area contributed by atoms with Gasteiger partial charge in [0.2, 0.25) is 0 Å². The maximum Gasteiger partial charge on any atom is 0.251 e. The van der Waals surface area contributed by atoms with Crippen LogP contribution in [0.3, 0.4) is 0 Å². The lowest BCUT2D eigenvalue weighted by Gasteiger charge is -2.10. The minimum absolute atomic E-state index is 0.115. The van der Waals surface area contributed by atoms with Gasteiger partial charge in [0.1, 0.15) is 12.1 Å². The summed E-state index contributed by atoms with van der Waals surface area (Å²) in [5.41, 5.74) is 5.36. The molecule has 3 aromatic heterocycles. The Morgan fingerprint density at radius 2 is 1.85 bits per heavy atom. The number of hydrogen-bond acceptors (Lipinski definition) is 6. The molecule has 0 saturated heterocycles. The first kappa shape index (κ1) is 20.5. The number of fused-ring (bicyclic) bond motifs is 2. The van der Waals surface area contributed by atoms with Crippen molar-refractivity contribution in [2.45, 2.75) is 6.42 Å². The number of nitrogens with zero attached hydrogens (tertiary/aromatic N) is 4. The molecular weight excluding hydrogens is 412 g/mol. The first-order chi connectivity index (χ1) is 16.2. The van der Waals surface area contributed by atoms with Gasteiger partial charge in [0.05, 0.1) is 22.3 Å². The maximum absolute atomic E-state index is 12.2. The van der Waals surface area contributed by atoms with E-state index in [4.69, 9.17) is 0 Å². The predicted molar refractivity (Wildman–Crippen MR) is 130 cm³/mol. The van der Waals surface area contributed by atoms with E-state index in [9.17, 15) is 4.79 Å². The van der Waals surface area contributed by atoms with Gasteiger partial charge in [0, 0.05) is 48.4 Å². The standard InChI is InChI=1S/C26H22N6O/c1-27-26(33)21-10-13-30-25-17(4-2-6-20(21)25)9-12-29-24-15-23(31-16-32-24)19-7-8-22-18(14-19)5-3-11-28-22/h2-8,10-11,13-16H,9,12H2,1H3,(H,27,33)(H,29,31,32). The molecule has 1 amide bonds. The quantitative estimate of drug-likeness (QED) is 0.415. The van der Waals surface area contributed by atoms with Gasteiger partial charge in [-0.2, -0.15) is 0 Å². The molecule has 5 aromatic rings. The third kappa shape index (κ3) is 4.21. The lowest BCUT2D eigenvalue weighted by atomic mass is 10.0. The van der Waals surface area contributed by atoms with Crippen LogP contribution in [0.1, 0.15) is 15.9 Å². The first-order valence-corrected chi connectivity index (χ1v) is 10.7. The fourth-order valence-electron chi connectivity index (χ4n) is 3.94. The SMILES string of the molecule is CNC(=O)c1ccnc2c(CCNc3cc(-c4ccc5ncccc5c4)ncn3)cccc12. The van der Waals surface area contributed by atoms with Gasteiger partial charge in [-0.15, -0.1) is 0 Å². The Labute approximate surface area is 191 Å². The van der Waals surface area contributed by atoms with Gasteiger partial charge in [0.15, 0.2) is 0 Å². The van der Waals surface area contributed by atoms with Gasteiger partial charge in [-0.25, -0.2) is 9.97 Å². The molecule has 2 N–H and O–H groups in total. The molecular formula is C26H22N6O. The molecule has 33 heavy (non-hydrogen) atoms. The average molecular weight is 435 g/mol. The second-order valence-corrected chi connectivity index (χ2v) is 7.63. The summed E-state index contributed by atoms with van der Waals surface area (Å²) in [6, 6.07) is 19.7. The van der Waals surface area contributed by atoms with Gasteiger partial charge < -0.3 is 10.6 Å². The zero-order chi connectivity index (χ0) is 22.6. The third-order valence-corrected chi connectivity index (χ3v) is 5.59. The van der Waals surface area contributed by atoms with Crippen LogP contribution in [-0.2, 0) is 6.42 Å². The highest BCUT2D eigenvalue weighted by Crippen LogP contribution is 2.24. The van der Waals surface area contributed by atoms with Crippen LogP contribution in [0, 0.1) is 0 Å². The Kier molecular flexibility index (Phi) is 5.59. The summed E-state index contributed by atoms with van der Waals surface area (Å²) in [5, 5.41) is 8.00. The van der Waals surface area contributed by atoms with E-state index in [0.717, 1.165) is 50.9 Å². The number of hydrogen-bond donors (Lipinski definition) is 2. The molecule has 3 heterocycles. The molecule has 0 spiro atoms. The number of pyridine rings is 2. The summed E-state index contributed by atoms with van der Waals surface area (Å²) in [6.07, 6.45) is 5.78. The zero-order valence-electron chi connectivity index (χ0n) is 18.1. The Hall–Kier alpha value is -4.39. The van der Waals surface area contributed by atoms with Crippen LogP contribution in [0.4, 0.5) is 5.82 Å². The molecule has 0 radical (unpaired) electrons. The summed E-state index contributed by atoms with van der Waals surface area (Å²) >= 11 is 0. The van der Waals surface area contributed by atoms with Gasteiger partial charge in [-0.3, -0.25) is 14.8 Å². The van der Waals surface area contributed by atoms with Crippen molar-refractivity contribution in [2.24, 2.45) is 0 Å². The van der Waals surface area contributed by atoms with E-state index in [1.54, 1.807) is 31.8 Å². The Bertz CT molecular complexity index is 1470. The van der Waals surface area contributed by atoms with E-state index in [2.05, 4.69) is 36.6 Å². The molecule has 0 aliphatic rings. The third-order valence-electron chi connectivity index (χ3n) is 5.59. The summed E-state index contributed by atoms with van der Waals surface area (Å²) in [7, 11) is 1.63. The fraction of sp³-hybridized carbons (Fsp3) is 0.115. The molecule has 0 fully saturated rings. The summed E-state index contributed by atoms with van der Waals surface area (Å²) in [6.45, 7) is 0.670. The van der Waals surface area contributed by atoms with Gasteiger partial charge in [-0.1, -0.05) is 30.3 Å². The average Bonchev–Trinajstić information content (AvgIpc) is 2.88. The number of rotatable bonds is 6. The normalized spacial score (nSPS) is 10.9. The summed E-state index contributed by atoms with van der Waals surface area (Å²) < 4.78 is 0. The van der Waals surface area contributed by atoms with Crippen LogP contribution in [0.25, 0.3) is 33.1 Å². The highest BCUT2D eigenvalue weighted by Gasteiger charge is 2.11. The number of aromatic nitrogens is 4. The smallest absolute Gasteiger partial charge is 0.251 e. The van der Waals surface area contributed by atoms with Crippen LogP contribution in [0.5, 0.6) is 0 Å². The first-order valence-electron chi connectivity index (χ1n) is 10.7. The second kappa shape index (κ2) is 9.00. The van der Waals surface area contributed by atoms with E-state index in [0.29, 0.717) is 12.1 Å². The fourth-order valence-corrected chi connectivity index (χ4v) is 3.94. The molecule has 0 aliphatic heterocycles. The van der Waals surface area contributed by atoms with Crippen LogP contribution in [0.2, 0.25) is 0 Å². The number of nitrogens with one attached hydrogen (secondary N) is 2. The van der Waals surface area contributed by atoms with Crippen LogP contribution >= 0.6 is 0 Å². The van der Waals surface area contributed by atoms with Crippen LogP contribution < -0.4 is 10.6 Å². The van der Waals surface area contributed by atoms with Gasteiger partial charge in [-0.05, 0) is 36.2 Å². The van der Waals surface area contributed by atoms with Crippen molar-refractivity contribution in [2.75, 3.05) is 18.9 Å². The number of carbonyl (C=O) groups excluding carboxylic acids is 1. The Morgan fingerprint density at radius 3 is 2.76 bits per heavy atom. The van der Waals surface area contributed by atoms with Crippen molar-refractivity contribution in [3.63, 3.8) is 0 Å². The monoisotopic (exact) mass is 434 g/mol. The number of amides is 1. The van der Waals surface area contributed by atoms with Crippen molar-refractivity contribution >= 4 is 33.5 Å². The van der Waals surface area contributed by atoms with Crippen LogP contribution in [0.15, 0.2) is 79.4 Å². The lowest BCUT2D eigenvalue weighted by molar-refractivity contribution is 0.0964. The van der Waals surface area contributed by atoms with Gasteiger partial charge in [0.25, 0.3) is 5.91 Å². The molecule has 5 rings (SSSR count). The van der Waals surface area contributed by atoms with Crippen molar-refractivity contribution in [1.82, 2.24) is 25.3 Å². The number of benzene rings is 2. The minimum Gasteiger partial charge on any atom is -0.370 e. The molecule has 0 bridgehead atoms. The van der Waals surface area contributed by atoms with Crippen molar-refractivity contribution in [3.05, 3.63) is 90.5 Å². The van der Waals surface area contributed by atoms with E-state index in [-0.39, 0.29) is 5.91 Å². The number of anilines is 1. The summed E-state index contributed by atoms with van der Waals surface area (Å²) in [5.74, 6) is 0.640. The van der Waals surface area contributed by atoms with E-state index >= 15 is 0 Å². The van der Waals surface area contributed by atoms with E-state index < -0.39 is 0 Å². The van der Waals surface area contributed by atoms with Crippen LogP contribution in [-0.4, -0.2) is 39.4 Å². The Balaban J connectivity index is 1.33.